The monoisotopic (exact) mass is 348 g/mol. The van der Waals surface area contributed by atoms with Gasteiger partial charge >= 0.3 is 6.03 Å². The lowest BCUT2D eigenvalue weighted by Crippen LogP contribution is -2.55. The van der Waals surface area contributed by atoms with Crippen LogP contribution in [-0.2, 0) is 4.79 Å². The van der Waals surface area contributed by atoms with E-state index in [0.29, 0.717) is 0 Å². The Bertz CT molecular complexity index is 598. The van der Waals surface area contributed by atoms with E-state index in [2.05, 4.69) is 20.4 Å². The molecule has 1 aliphatic rings. The van der Waals surface area contributed by atoms with Crippen LogP contribution in [0.5, 0.6) is 5.75 Å². The van der Waals surface area contributed by atoms with Gasteiger partial charge in [0.25, 0.3) is 0 Å². The second-order valence-corrected chi connectivity index (χ2v) is 6.49. The number of ether oxygens (including phenoxy) is 1. The maximum Gasteiger partial charge on any atom is 0.321 e. The summed E-state index contributed by atoms with van der Waals surface area (Å²) >= 11 is 0. The minimum atomic E-state index is -0.445. The molecule has 2 N–H and O–H groups in total. The third-order valence-electron chi connectivity index (χ3n) is 4.32. The molecule has 0 saturated carbocycles. The van der Waals surface area contributed by atoms with Crippen molar-refractivity contribution in [1.29, 1.82) is 0 Å². The molecule has 1 saturated heterocycles. The highest BCUT2D eigenvalue weighted by atomic mass is 16.5. The molecule has 7 nitrogen and oxygen atoms in total. The minimum Gasteiger partial charge on any atom is -0.495 e. The molecule has 1 aliphatic heterocycles. The number of para-hydroxylation sites is 2. The van der Waals surface area contributed by atoms with E-state index in [4.69, 9.17) is 4.74 Å². The van der Waals surface area contributed by atoms with Crippen molar-refractivity contribution in [1.82, 2.24) is 15.5 Å². The first-order chi connectivity index (χ1) is 11.9. The highest BCUT2D eigenvalue weighted by Gasteiger charge is 2.27. The third-order valence-corrected chi connectivity index (χ3v) is 4.32. The number of carbonyl (C=O) groups is 2. The minimum absolute atomic E-state index is 0.00694. The highest BCUT2D eigenvalue weighted by molar-refractivity contribution is 5.96. The van der Waals surface area contributed by atoms with Gasteiger partial charge in [-0.15, -0.1) is 0 Å². The molecule has 0 aromatic heterocycles. The molecule has 1 heterocycles. The summed E-state index contributed by atoms with van der Waals surface area (Å²) in [5.41, 5.74) is 1.07. The summed E-state index contributed by atoms with van der Waals surface area (Å²) < 4.78 is 5.42. The van der Waals surface area contributed by atoms with Crippen molar-refractivity contribution in [3.05, 3.63) is 24.3 Å². The van der Waals surface area contributed by atoms with Crippen molar-refractivity contribution in [3.63, 3.8) is 0 Å². The van der Waals surface area contributed by atoms with Crippen molar-refractivity contribution in [2.75, 3.05) is 38.2 Å². The Labute approximate surface area is 149 Å². The van der Waals surface area contributed by atoms with Gasteiger partial charge < -0.3 is 15.0 Å². The van der Waals surface area contributed by atoms with Crippen molar-refractivity contribution >= 4 is 17.6 Å². The van der Waals surface area contributed by atoms with Crippen LogP contribution in [0.1, 0.15) is 20.8 Å². The second kappa shape index (κ2) is 8.71. The first-order valence-corrected chi connectivity index (χ1v) is 8.65. The van der Waals surface area contributed by atoms with Crippen LogP contribution in [0.15, 0.2) is 24.3 Å². The van der Waals surface area contributed by atoms with E-state index in [1.165, 1.54) is 0 Å². The van der Waals surface area contributed by atoms with Gasteiger partial charge in [0.2, 0.25) is 5.91 Å². The number of imide groups is 1. The highest BCUT2D eigenvalue weighted by Crippen LogP contribution is 2.28. The number of carbonyl (C=O) groups excluding carboxylic acids is 2. The Hall–Kier alpha value is -2.28. The molecule has 7 heteroatoms. The number of amides is 3. The Morgan fingerprint density at radius 2 is 1.72 bits per heavy atom. The smallest absolute Gasteiger partial charge is 0.321 e. The molecule has 1 fully saturated rings. The van der Waals surface area contributed by atoms with Gasteiger partial charge in [0.05, 0.1) is 18.8 Å². The Kier molecular flexibility index (Phi) is 6.64. The van der Waals surface area contributed by atoms with E-state index in [1.807, 2.05) is 45.0 Å². The molecular formula is C18H28N4O3. The fraction of sp³-hybridized carbons (Fsp3) is 0.556. The molecule has 138 valence electrons. The number of nitrogens with zero attached hydrogens (tertiary/aromatic N) is 2. The van der Waals surface area contributed by atoms with E-state index in [-0.39, 0.29) is 18.0 Å². The Balaban J connectivity index is 1.88. The molecule has 3 amide bonds. The standard InChI is InChI=1S/C18H28N4O3/c1-13(2)19-18(24)20-17(23)14(3)21-9-11-22(12-10-21)15-7-5-6-8-16(15)25-4/h5-8,13-14H,9-12H2,1-4H3,(H2,19,20,23,24). The van der Waals surface area contributed by atoms with E-state index in [1.54, 1.807) is 7.11 Å². The predicted octanol–water partition coefficient (Wildman–Crippen LogP) is 1.44. The summed E-state index contributed by atoms with van der Waals surface area (Å²) in [6.45, 7) is 8.63. The van der Waals surface area contributed by atoms with Gasteiger partial charge in [-0.2, -0.15) is 0 Å². The van der Waals surface area contributed by atoms with Crippen LogP contribution in [-0.4, -0.2) is 62.2 Å². The van der Waals surface area contributed by atoms with E-state index < -0.39 is 6.03 Å². The lowest BCUT2D eigenvalue weighted by molar-refractivity contribution is -0.124. The van der Waals surface area contributed by atoms with Crippen LogP contribution in [0.3, 0.4) is 0 Å². The molecule has 0 aliphatic carbocycles. The van der Waals surface area contributed by atoms with Crippen molar-refractivity contribution in [2.45, 2.75) is 32.9 Å². The molecule has 1 atom stereocenters. The van der Waals surface area contributed by atoms with E-state index in [0.717, 1.165) is 37.6 Å². The van der Waals surface area contributed by atoms with Gasteiger partial charge in [0.15, 0.2) is 0 Å². The molecule has 1 unspecified atom stereocenters. The maximum atomic E-state index is 12.2. The number of piperazine rings is 1. The summed E-state index contributed by atoms with van der Waals surface area (Å²) in [5.74, 6) is 0.580. The van der Waals surface area contributed by atoms with Crippen LogP contribution in [0.4, 0.5) is 10.5 Å². The molecule has 1 aromatic carbocycles. The van der Waals surface area contributed by atoms with Gasteiger partial charge in [-0.1, -0.05) is 12.1 Å². The van der Waals surface area contributed by atoms with Gasteiger partial charge in [-0.25, -0.2) is 4.79 Å². The topological polar surface area (TPSA) is 73.9 Å². The first-order valence-electron chi connectivity index (χ1n) is 8.65. The van der Waals surface area contributed by atoms with Crippen LogP contribution >= 0.6 is 0 Å². The zero-order valence-electron chi connectivity index (χ0n) is 15.4. The largest absolute Gasteiger partial charge is 0.495 e. The van der Waals surface area contributed by atoms with Crippen molar-refractivity contribution in [3.8, 4) is 5.75 Å². The first kappa shape index (κ1) is 19.1. The fourth-order valence-electron chi connectivity index (χ4n) is 2.92. The van der Waals surface area contributed by atoms with Crippen LogP contribution in [0.2, 0.25) is 0 Å². The number of anilines is 1. The molecule has 0 spiro atoms. The van der Waals surface area contributed by atoms with Crippen LogP contribution < -0.4 is 20.3 Å². The maximum absolute atomic E-state index is 12.2. The number of benzene rings is 1. The van der Waals surface area contributed by atoms with Crippen LogP contribution in [0, 0.1) is 0 Å². The number of urea groups is 1. The van der Waals surface area contributed by atoms with Gasteiger partial charge in [-0.05, 0) is 32.9 Å². The molecule has 1 aromatic rings. The van der Waals surface area contributed by atoms with Crippen molar-refractivity contribution < 1.29 is 14.3 Å². The molecule has 0 bridgehead atoms. The SMILES string of the molecule is COc1ccccc1N1CCN(C(C)C(=O)NC(=O)NC(C)C)CC1. The predicted molar refractivity (Wildman–Crippen MR) is 98.1 cm³/mol. The van der Waals surface area contributed by atoms with Crippen molar-refractivity contribution in [2.24, 2.45) is 0 Å². The second-order valence-electron chi connectivity index (χ2n) is 6.49. The van der Waals surface area contributed by atoms with Gasteiger partial charge in [0, 0.05) is 32.2 Å². The average molecular weight is 348 g/mol. The summed E-state index contributed by atoms with van der Waals surface area (Å²) in [7, 11) is 1.67. The summed E-state index contributed by atoms with van der Waals surface area (Å²) in [5, 5.41) is 5.07. The zero-order chi connectivity index (χ0) is 18.4. The summed E-state index contributed by atoms with van der Waals surface area (Å²) in [6, 6.07) is 7.14. The quantitative estimate of drug-likeness (QED) is 0.842. The summed E-state index contributed by atoms with van der Waals surface area (Å²) in [6.07, 6.45) is 0. The normalized spacial score (nSPS) is 16.4. The van der Waals surface area contributed by atoms with Crippen LogP contribution in [0.25, 0.3) is 0 Å². The fourth-order valence-corrected chi connectivity index (χ4v) is 2.92. The molecule has 0 radical (unpaired) electrons. The number of hydrogen-bond acceptors (Lipinski definition) is 5. The van der Waals surface area contributed by atoms with E-state index >= 15 is 0 Å². The average Bonchev–Trinajstić information content (AvgIpc) is 2.60. The lowest BCUT2D eigenvalue weighted by atomic mass is 10.2. The molecule has 25 heavy (non-hydrogen) atoms. The summed E-state index contributed by atoms with van der Waals surface area (Å²) in [4.78, 5) is 28.3. The number of hydrogen-bond donors (Lipinski definition) is 2. The lowest BCUT2D eigenvalue weighted by Gasteiger charge is -2.38. The Morgan fingerprint density at radius 1 is 1.08 bits per heavy atom. The van der Waals surface area contributed by atoms with Gasteiger partial charge in [0.1, 0.15) is 5.75 Å². The number of rotatable bonds is 5. The van der Waals surface area contributed by atoms with E-state index in [9.17, 15) is 9.59 Å². The number of methoxy groups -OCH3 is 1. The Morgan fingerprint density at radius 3 is 2.32 bits per heavy atom. The third kappa shape index (κ3) is 5.09. The molecular weight excluding hydrogens is 320 g/mol. The molecule has 2 rings (SSSR count). The zero-order valence-corrected chi connectivity index (χ0v) is 15.4. The number of nitrogens with one attached hydrogen (secondary N) is 2. The van der Waals surface area contributed by atoms with Gasteiger partial charge in [-0.3, -0.25) is 15.0 Å².